The number of esters is 1. The first-order chi connectivity index (χ1) is 15.8. The second-order valence-electron chi connectivity index (χ2n) is 13.6. The number of fused-ring (bicyclic) bond motifs is 9. The summed E-state index contributed by atoms with van der Waals surface area (Å²) in [6.45, 7) is 15.5. The van der Waals surface area contributed by atoms with E-state index in [1.54, 1.807) is 0 Å². The SMILES string of the molecule is CC(C)=CCC[C@H]1C(=O)OC2[C@@H](O)[C@@H]1[C@]1(C)CC[C@H]3C(=CCC4C(C)(C)C(=O)CC[C@@]43C)[C@@]21C. The summed E-state index contributed by atoms with van der Waals surface area (Å²) in [6, 6.07) is 0. The van der Waals surface area contributed by atoms with Crippen molar-refractivity contribution in [2.75, 3.05) is 0 Å². The normalized spacial score (nSPS) is 48.8. The number of rotatable bonds is 3. The maximum atomic E-state index is 13.3. The Morgan fingerprint density at radius 2 is 1.85 bits per heavy atom. The molecule has 4 aliphatic carbocycles. The van der Waals surface area contributed by atoms with Gasteiger partial charge in [-0.2, -0.15) is 0 Å². The number of carbonyl (C=O) groups excluding carboxylic acids is 2. The molecule has 2 unspecified atom stereocenters. The molecule has 1 N–H and O–H groups in total. The van der Waals surface area contributed by atoms with Gasteiger partial charge in [-0.25, -0.2) is 0 Å². The van der Waals surface area contributed by atoms with E-state index in [9.17, 15) is 14.7 Å². The first-order valence-electron chi connectivity index (χ1n) is 13.6. The molecule has 5 rings (SSSR count). The predicted octanol–water partition coefficient (Wildman–Crippen LogP) is 6.03. The van der Waals surface area contributed by atoms with Crippen LogP contribution in [0.2, 0.25) is 0 Å². The van der Waals surface area contributed by atoms with Crippen molar-refractivity contribution in [2.45, 2.75) is 106 Å². The molecule has 1 heterocycles. The van der Waals surface area contributed by atoms with E-state index < -0.39 is 12.2 Å². The third-order valence-corrected chi connectivity index (χ3v) is 11.8. The zero-order valence-electron chi connectivity index (χ0n) is 22.2. The van der Waals surface area contributed by atoms with Gasteiger partial charge in [-0.15, -0.1) is 0 Å². The van der Waals surface area contributed by atoms with Gasteiger partial charge in [-0.05, 0) is 75.0 Å². The van der Waals surface area contributed by atoms with Gasteiger partial charge >= 0.3 is 5.97 Å². The van der Waals surface area contributed by atoms with E-state index in [-0.39, 0.29) is 39.5 Å². The lowest BCUT2D eigenvalue weighted by Crippen LogP contribution is -2.58. The largest absolute Gasteiger partial charge is 0.458 e. The zero-order valence-corrected chi connectivity index (χ0v) is 22.2. The lowest BCUT2D eigenvalue weighted by atomic mass is 9.41. The topological polar surface area (TPSA) is 63.6 Å². The van der Waals surface area contributed by atoms with Gasteiger partial charge in [0, 0.05) is 23.2 Å². The van der Waals surface area contributed by atoms with E-state index in [4.69, 9.17) is 4.74 Å². The number of ether oxygens (including phenoxy) is 1. The summed E-state index contributed by atoms with van der Waals surface area (Å²) in [5, 5.41) is 11.6. The summed E-state index contributed by atoms with van der Waals surface area (Å²) in [7, 11) is 0. The number of hydrogen-bond donors (Lipinski definition) is 1. The fraction of sp³-hybridized carbons (Fsp3) is 0.800. The van der Waals surface area contributed by atoms with Crippen molar-refractivity contribution in [3.8, 4) is 0 Å². The van der Waals surface area contributed by atoms with Crippen molar-refractivity contribution < 1.29 is 19.4 Å². The van der Waals surface area contributed by atoms with Crippen LogP contribution in [0.5, 0.6) is 0 Å². The molecule has 9 atom stereocenters. The monoisotopic (exact) mass is 468 g/mol. The molecule has 4 heteroatoms. The van der Waals surface area contributed by atoms with Gasteiger partial charge in [0.1, 0.15) is 11.9 Å². The second-order valence-corrected chi connectivity index (χ2v) is 13.6. The maximum Gasteiger partial charge on any atom is 0.309 e. The van der Waals surface area contributed by atoms with Crippen molar-refractivity contribution in [3.05, 3.63) is 23.3 Å². The van der Waals surface area contributed by atoms with Crippen molar-refractivity contribution in [1.29, 1.82) is 0 Å². The molecule has 1 aliphatic heterocycles. The molecule has 1 saturated heterocycles. The summed E-state index contributed by atoms with van der Waals surface area (Å²) in [5.74, 6) is 0.703. The predicted molar refractivity (Wildman–Crippen MR) is 133 cm³/mol. The molecule has 0 amide bonds. The Bertz CT molecular complexity index is 970. The minimum atomic E-state index is -0.612. The Balaban J connectivity index is 1.56. The van der Waals surface area contributed by atoms with Crippen LogP contribution in [0.4, 0.5) is 0 Å². The van der Waals surface area contributed by atoms with E-state index in [0.717, 1.165) is 38.5 Å². The molecular weight excluding hydrogens is 424 g/mol. The smallest absolute Gasteiger partial charge is 0.309 e. The highest BCUT2D eigenvalue weighted by atomic mass is 16.6. The Morgan fingerprint density at radius 1 is 1.15 bits per heavy atom. The molecule has 5 aliphatic rings. The standard InChI is InChI=1S/C30H44O4/c1-17(2)9-8-10-18-23-24(32)25(34-26(18)33)30(7)20-11-12-21-27(3,4)22(31)14-15-28(21,5)19(20)13-16-29(23,30)6/h9,11,18-19,21,23-25,32H,8,10,12-16H2,1-7H3/t18-,19+,21?,23-,24+,25?,28-,29+,30+/m1/s1. The molecule has 0 aromatic carbocycles. The van der Waals surface area contributed by atoms with Crippen molar-refractivity contribution in [2.24, 2.45) is 45.3 Å². The maximum absolute atomic E-state index is 13.3. The quantitative estimate of drug-likeness (QED) is 0.406. The Hall–Kier alpha value is -1.42. The molecule has 4 fully saturated rings. The van der Waals surface area contributed by atoms with Crippen LogP contribution in [0.1, 0.15) is 93.4 Å². The molecule has 3 saturated carbocycles. The van der Waals surface area contributed by atoms with Crippen LogP contribution in [-0.4, -0.2) is 29.1 Å². The molecule has 2 bridgehead atoms. The van der Waals surface area contributed by atoms with Gasteiger partial charge in [-0.3, -0.25) is 9.59 Å². The summed E-state index contributed by atoms with van der Waals surface area (Å²) < 4.78 is 6.17. The molecule has 0 aromatic heterocycles. The fourth-order valence-electron chi connectivity index (χ4n) is 9.70. The Morgan fingerprint density at radius 3 is 2.53 bits per heavy atom. The van der Waals surface area contributed by atoms with Gasteiger partial charge in [0.2, 0.25) is 0 Å². The average molecular weight is 469 g/mol. The van der Waals surface area contributed by atoms with Gasteiger partial charge in [0.15, 0.2) is 0 Å². The first kappa shape index (κ1) is 24.3. The zero-order chi connectivity index (χ0) is 24.8. The van der Waals surface area contributed by atoms with Crippen molar-refractivity contribution in [3.63, 3.8) is 0 Å². The third kappa shape index (κ3) is 2.87. The minimum absolute atomic E-state index is 0.0638. The van der Waals surface area contributed by atoms with Gasteiger partial charge < -0.3 is 9.84 Å². The molecule has 0 spiro atoms. The summed E-state index contributed by atoms with van der Waals surface area (Å²) >= 11 is 0. The molecule has 34 heavy (non-hydrogen) atoms. The van der Waals surface area contributed by atoms with Crippen LogP contribution in [0.25, 0.3) is 0 Å². The number of hydrogen-bond acceptors (Lipinski definition) is 4. The van der Waals surface area contributed by atoms with E-state index in [1.807, 2.05) is 0 Å². The molecule has 0 aromatic rings. The van der Waals surface area contributed by atoms with Crippen molar-refractivity contribution >= 4 is 11.8 Å². The first-order valence-corrected chi connectivity index (χ1v) is 13.6. The van der Waals surface area contributed by atoms with E-state index in [0.29, 0.717) is 24.0 Å². The molecule has 4 nitrogen and oxygen atoms in total. The minimum Gasteiger partial charge on any atom is -0.458 e. The number of ketones is 1. The lowest BCUT2D eigenvalue weighted by Gasteiger charge is -2.62. The summed E-state index contributed by atoms with van der Waals surface area (Å²) in [6.07, 6.45) is 9.67. The number of aliphatic hydroxyl groups is 1. The molecular formula is C30H44O4. The van der Waals surface area contributed by atoms with Gasteiger partial charge in [0.05, 0.1) is 12.0 Å². The second kappa shape index (κ2) is 7.54. The average Bonchev–Trinajstić information content (AvgIpc) is 2.87. The number of carbonyl (C=O) groups is 2. The van der Waals surface area contributed by atoms with Crippen LogP contribution in [0.3, 0.4) is 0 Å². The lowest BCUT2D eigenvalue weighted by molar-refractivity contribution is -0.178. The third-order valence-electron chi connectivity index (χ3n) is 11.8. The number of allylic oxidation sites excluding steroid dienone is 3. The van der Waals surface area contributed by atoms with Crippen LogP contribution < -0.4 is 0 Å². The molecule has 0 radical (unpaired) electrons. The highest BCUT2D eigenvalue weighted by Crippen LogP contribution is 2.74. The Kier molecular flexibility index (Phi) is 5.39. The Labute approximate surface area is 205 Å². The van der Waals surface area contributed by atoms with E-state index in [1.165, 1.54) is 11.1 Å². The van der Waals surface area contributed by atoms with Crippen molar-refractivity contribution in [1.82, 2.24) is 0 Å². The highest BCUT2D eigenvalue weighted by molar-refractivity contribution is 5.85. The van der Waals surface area contributed by atoms with Crippen LogP contribution in [0.15, 0.2) is 23.3 Å². The van der Waals surface area contributed by atoms with Gasteiger partial charge in [-0.1, -0.05) is 57.9 Å². The number of Topliss-reactive ketones (excluding diaryl/α,β-unsaturated/α-hetero) is 1. The van der Waals surface area contributed by atoms with Crippen LogP contribution in [0, 0.1) is 45.3 Å². The molecule has 188 valence electrons. The van der Waals surface area contributed by atoms with E-state index in [2.05, 4.69) is 60.6 Å². The van der Waals surface area contributed by atoms with Gasteiger partial charge in [0.25, 0.3) is 0 Å². The highest BCUT2D eigenvalue weighted by Gasteiger charge is 2.75. The van der Waals surface area contributed by atoms with E-state index >= 15 is 0 Å². The number of aliphatic hydroxyl groups excluding tert-OH is 1. The summed E-state index contributed by atoms with van der Waals surface area (Å²) in [5.41, 5.74) is 1.90. The van der Waals surface area contributed by atoms with Crippen LogP contribution >= 0.6 is 0 Å². The van der Waals surface area contributed by atoms with Crippen LogP contribution in [-0.2, 0) is 14.3 Å². The summed E-state index contributed by atoms with van der Waals surface area (Å²) in [4.78, 5) is 26.1. The fourth-order valence-corrected chi connectivity index (χ4v) is 9.70.